The summed E-state index contributed by atoms with van der Waals surface area (Å²) < 4.78 is 41.5. The number of likely N-dealkylation sites (tertiary alicyclic amines) is 1. The van der Waals surface area contributed by atoms with Gasteiger partial charge >= 0.3 is 0 Å². The average Bonchev–Trinajstić information content (AvgIpc) is 3.57. The van der Waals surface area contributed by atoms with E-state index in [1.807, 2.05) is 33.1 Å². The smallest absolute Gasteiger partial charge is 0.267 e. The summed E-state index contributed by atoms with van der Waals surface area (Å²) >= 11 is 1.12. The maximum Gasteiger partial charge on any atom is 0.267 e. The van der Waals surface area contributed by atoms with Crippen molar-refractivity contribution in [1.82, 2.24) is 30.8 Å². The van der Waals surface area contributed by atoms with E-state index >= 15 is 0 Å². The molecule has 2 heterocycles. The molecule has 1 saturated heterocycles. The highest BCUT2D eigenvalue weighted by Crippen LogP contribution is 2.54. The molecule has 8 unspecified atom stereocenters. The summed E-state index contributed by atoms with van der Waals surface area (Å²) in [5, 5.41) is 18.1. The fourth-order valence-electron chi connectivity index (χ4n) is 11.0. The summed E-state index contributed by atoms with van der Waals surface area (Å²) in [5.41, 5.74) is 3.82. The van der Waals surface area contributed by atoms with Crippen molar-refractivity contribution in [1.29, 1.82) is 0 Å². The maximum atomic E-state index is 13.7. The van der Waals surface area contributed by atoms with E-state index in [1.54, 1.807) is 0 Å². The van der Waals surface area contributed by atoms with Crippen LogP contribution in [0.3, 0.4) is 0 Å². The van der Waals surface area contributed by atoms with Crippen molar-refractivity contribution in [2.24, 2.45) is 28.5 Å². The van der Waals surface area contributed by atoms with Crippen molar-refractivity contribution in [3.8, 4) is 0 Å². The highest BCUT2D eigenvalue weighted by molar-refractivity contribution is 7.95. The molecular formula is C44H79N8O9S2+. The molecule has 0 spiro atoms. The molecule has 8 atom stereocenters. The summed E-state index contributed by atoms with van der Waals surface area (Å²) in [5.74, 6) is 5.10. The zero-order chi connectivity index (χ0) is 46.7. The number of carbonyl (C=O) groups is 3. The van der Waals surface area contributed by atoms with Gasteiger partial charge in [-0.1, -0.05) is 31.4 Å². The normalized spacial score (nSPS) is 27.2. The number of carbonyl (C=O) groups excluding carboxylic acids is 3. The number of nitrogens with zero attached hydrogens (tertiary/aromatic N) is 4. The van der Waals surface area contributed by atoms with E-state index in [0.29, 0.717) is 51.6 Å². The van der Waals surface area contributed by atoms with Crippen molar-refractivity contribution in [2.75, 3.05) is 54.4 Å². The third-order valence-corrected chi connectivity index (χ3v) is 16.6. The predicted molar refractivity (Wildman–Crippen MR) is 247 cm³/mol. The fourth-order valence-corrected chi connectivity index (χ4v) is 12.6. The van der Waals surface area contributed by atoms with Gasteiger partial charge in [0.15, 0.2) is 18.3 Å². The number of fused-ring (bicyclic) bond motifs is 2. The first-order chi connectivity index (χ1) is 29.7. The Morgan fingerprint density at radius 2 is 1.70 bits per heavy atom. The van der Waals surface area contributed by atoms with E-state index in [4.69, 9.17) is 15.4 Å². The summed E-state index contributed by atoms with van der Waals surface area (Å²) in [6.45, 7) is 13.6. The first-order valence-corrected chi connectivity index (χ1v) is 25.3. The van der Waals surface area contributed by atoms with Gasteiger partial charge in [0.1, 0.15) is 6.04 Å². The number of hydrazine groups is 1. The predicted octanol–water partition coefficient (Wildman–Crippen LogP) is 4.13. The van der Waals surface area contributed by atoms with Gasteiger partial charge in [0.25, 0.3) is 16.0 Å². The zero-order valence-electron chi connectivity index (χ0n) is 39.3. The third kappa shape index (κ3) is 13.7. The van der Waals surface area contributed by atoms with Crippen LogP contribution in [0, 0.1) is 22.7 Å². The van der Waals surface area contributed by atoms with Crippen molar-refractivity contribution in [3.63, 3.8) is 0 Å². The number of nitrogens with two attached hydrogens (primary N) is 1. The minimum Gasteiger partial charge on any atom is -0.371 e. The van der Waals surface area contributed by atoms with Gasteiger partial charge < -0.3 is 20.4 Å². The van der Waals surface area contributed by atoms with Gasteiger partial charge in [0.2, 0.25) is 11.8 Å². The van der Waals surface area contributed by atoms with Crippen LogP contribution in [0.1, 0.15) is 118 Å². The minimum absolute atomic E-state index is 0.0105. The lowest BCUT2D eigenvalue weighted by molar-refractivity contribution is -0.565. The Morgan fingerprint density at radius 1 is 0.984 bits per heavy atom. The Morgan fingerprint density at radius 3 is 2.33 bits per heavy atom. The Labute approximate surface area is 381 Å². The number of rotatable bonds is 24. The molecule has 17 nitrogen and oxygen atoms in total. The highest BCUT2D eigenvalue weighted by Gasteiger charge is 2.56. The largest absolute Gasteiger partial charge is 0.371 e. The average molecular weight is 928 g/mol. The second-order valence-electron chi connectivity index (χ2n) is 19.6. The summed E-state index contributed by atoms with van der Waals surface area (Å²) in [7, 11) is 3.79. The topological polar surface area (TPSA) is 219 Å². The Kier molecular flexibility index (Phi) is 19.9. The van der Waals surface area contributed by atoms with Crippen molar-refractivity contribution in [3.05, 3.63) is 23.9 Å². The first kappa shape index (κ1) is 53.0. The van der Waals surface area contributed by atoms with E-state index in [0.717, 1.165) is 75.1 Å². The van der Waals surface area contributed by atoms with Crippen LogP contribution >= 0.6 is 12.0 Å². The molecule has 0 radical (unpaired) electrons. The third-order valence-electron chi connectivity index (χ3n) is 14.5. The molecule has 360 valence electrons. The van der Waals surface area contributed by atoms with Crippen LogP contribution in [0.25, 0.3) is 0 Å². The molecule has 0 aromatic carbocycles. The van der Waals surface area contributed by atoms with E-state index in [9.17, 15) is 27.4 Å². The molecule has 2 aliphatic carbocycles. The van der Waals surface area contributed by atoms with Gasteiger partial charge in [-0.25, -0.2) is 15.7 Å². The number of allylic oxidation sites excluding steroid dienone is 4. The van der Waals surface area contributed by atoms with Crippen LogP contribution < -0.4 is 21.9 Å². The van der Waals surface area contributed by atoms with Crippen molar-refractivity contribution < 1.29 is 46.6 Å². The molecule has 2 aliphatic heterocycles. The molecule has 63 heavy (non-hydrogen) atoms. The molecule has 0 bridgehead atoms. The summed E-state index contributed by atoms with van der Waals surface area (Å²) in [6.07, 6.45) is 14.9. The van der Waals surface area contributed by atoms with Gasteiger partial charge in [-0.3, -0.25) is 29.3 Å². The van der Waals surface area contributed by atoms with Crippen LogP contribution in [0.2, 0.25) is 0 Å². The molecule has 7 N–H and O–H groups in total. The summed E-state index contributed by atoms with van der Waals surface area (Å²) in [4.78, 5) is 46.0. The number of hydrogen-bond donors (Lipinski definition) is 6. The SMILES string of the molecule is CCN1/C(=C/C=C/C2=[N+](CCC(=O)NC(CCCCNC(=O)C(CCCCN(C)C)N(C)C)C(=O)NN)C3CCC(SOOO)CC3C2(C)C)C(C)(C)C2CC(S(=O)(=O)O)CCC21. The monoisotopic (exact) mass is 928 g/mol. The van der Waals surface area contributed by atoms with Gasteiger partial charge in [0.05, 0.1) is 23.1 Å². The number of likely N-dealkylation sites (N-methyl/N-ethyl adjacent to an activating group) is 1. The van der Waals surface area contributed by atoms with Crippen molar-refractivity contribution in [2.45, 2.75) is 153 Å². The van der Waals surface area contributed by atoms with Crippen LogP contribution in [0.4, 0.5) is 0 Å². The quantitative estimate of drug-likeness (QED) is 0.0117. The number of amides is 3. The van der Waals surface area contributed by atoms with E-state index in [2.05, 4.69) is 88.3 Å². The summed E-state index contributed by atoms with van der Waals surface area (Å²) in [6, 6.07) is -0.702. The van der Waals surface area contributed by atoms with E-state index in [1.165, 1.54) is 0 Å². The molecule has 4 aliphatic rings. The maximum absolute atomic E-state index is 13.7. The molecule has 0 aromatic rings. The van der Waals surface area contributed by atoms with E-state index < -0.39 is 27.3 Å². The lowest BCUT2D eigenvalue weighted by atomic mass is 9.69. The van der Waals surface area contributed by atoms with Gasteiger partial charge in [0, 0.05) is 66.0 Å². The number of hydrogen-bond acceptors (Lipinski definition) is 13. The molecular weight excluding hydrogens is 849 g/mol. The Hall–Kier alpha value is -2.62. The van der Waals surface area contributed by atoms with Crippen LogP contribution in [0.15, 0.2) is 23.9 Å². The number of nitrogens with one attached hydrogen (secondary N) is 3. The van der Waals surface area contributed by atoms with Crippen LogP contribution in [-0.4, -0.2) is 150 Å². The molecule has 3 fully saturated rings. The highest BCUT2D eigenvalue weighted by atomic mass is 32.2. The molecule has 4 rings (SSSR count). The lowest BCUT2D eigenvalue weighted by Gasteiger charge is -2.37. The van der Waals surface area contributed by atoms with Crippen LogP contribution in [0.5, 0.6) is 0 Å². The molecule has 19 heteroatoms. The second-order valence-corrected chi connectivity index (χ2v) is 22.3. The molecule has 2 saturated carbocycles. The minimum atomic E-state index is -4.12. The molecule has 0 aromatic heterocycles. The second kappa shape index (κ2) is 23.7. The zero-order valence-corrected chi connectivity index (χ0v) is 40.9. The molecule has 3 amide bonds. The van der Waals surface area contributed by atoms with Crippen molar-refractivity contribution >= 4 is 45.6 Å². The van der Waals surface area contributed by atoms with Gasteiger partial charge in [-0.05, 0) is 132 Å². The Bertz CT molecular complexity index is 1760. The van der Waals surface area contributed by atoms with Gasteiger partial charge in [-0.15, -0.1) is 4.33 Å². The van der Waals surface area contributed by atoms with Crippen LogP contribution in [-0.2, 0) is 33.9 Å². The van der Waals surface area contributed by atoms with E-state index in [-0.39, 0.29) is 64.3 Å². The fraction of sp³-hybridized carbons (Fsp3) is 0.818. The van der Waals surface area contributed by atoms with Gasteiger partial charge in [-0.2, -0.15) is 8.42 Å². The lowest BCUT2D eigenvalue weighted by Crippen LogP contribution is -2.49. The first-order valence-electron chi connectivity index (χ1n) is 23.0. The Balaban J connectivity index is 1.46. The number of unbranched alkanes of at least 4 members (excludes halogenated alkanes) is 2. The standard InChI is InChI=1S/C44H78N8O9S2/c1-10-51-35-23-21-31(63(57,58)59)29-33(35)44(4,5)38(51)18-15-19-39-43(2,3)32-28-30(62-61-60-56)20-22-36(32)52(39)27-24-40(53)47-34(41(54)48-45)16-11-13-25-46-42(55)37(50(8)9)17-12-14-26-49(6)7/h15,18-19,30-37H,10-14,16-17,20-29,45H2,1-9H3,(H4-,46,47,48,53,54,55,56,57,58,59)/p+1.